The molecule has 0 fully saturated rings. The van der Waals surface area contributed by atoms with Crippen LogP contribution in [0.15, 0.2) is 36.7 Å². The van der Waals surface area contributed by atoms with Gasteiger partial charge in [0.1, 0.15) is 5.75 Å². The minimum atomic E-state index is -0.864. The fourth-order valence-electron chi connectivity index (χ4n) is 1.30. The van der Waals surface area contributed by atoms with Gasteiger partial charge in [-0.05, 0) is 18.2 Å². The number of hydrogen-bond donors (Lipinski definition) is 2. The van der Waals surface area contributed by atoms with Crippen LogP contribution in [0, 0.1) is 11.8 Å². The number of hydrogen-bond acceptors (Lipinski definition) is 5. The van der Waals surface area contributed by atoms with Crippen LogP contribution in [0.25, 0.3) is 0 Å². The van der Waals surface area contributed by atoms with Crippen molar-refractivity contribution in [2.75, 3.05) is 5.73 Å². The Kier molecular flexibility index (Phi) is 3.59. The predicted octanol–water partition coefficient (Wildman–Crippen LogP) is 0.916. The van der Waals surface area contributed by atoms with E-state index in [0.717, 1.165) is 0 Å². The van der Waals surface area contributed by atoms with Crippen molar-refractivity contribution >= 4 is 12.0 Å². The molecule has 1 amide bonds. The van der Waals surface area contributed by atoms with Gasteiger partial charge >= 0.3 is 6.09 Å². The van der Waals surface area contributed by atoms with E-state index in [-0.39, 0.29) is 5.95 Å². The van der Waals surface area contributed by atoms with E-state index in [0.29, 0.717) is 16.9 Å². The number of benzene rings is 1. The Labute approximate surface area is 109 Å². The molecule has 0 spiro atoms. The minimum Gasteiger partial charge on any atom is -0.410 e. The Hall–Kier alpha value is -3.07. The van der Waals surface area contributed by atoms with Gasteiger partial charge in [-0.3, -0.25) is 0 Å². The first-order valence-electron chi connectivity index (χ1n) is 5.30. The Morgan fingerprint density at radius 3 is 2.53 bits per heavy atom. The van der Waals surface area contributed by atoms with Gasteiger partial charge in [-0.2, -0.15) is 0 Å². The highest BCUT2D eigenvalue weighted by Crippen LogP contribution is 2.12. The lowest BCUT2D eigenvalue weighted by molar-refractivity contribution is 0.211. The summed E-state index contributed by atoms with van der Waals surface area (Å²) < 4.78 is 4.75. The Morgan fingerprint density at radius 2 is 1.84 bits per heavy atom. The van der Waals surface area contributed by atoms with Crippen LogP contribution in [-0.4, -0.2) is 16.1 Å². The maximum Gasteiger partial charge on any atom is 0.409 e. The molecule has 1 aromatic heterocycles. The molecule has 6 heteroatoms. The molecule has 0 atom stereocenters. The normalized spacial score (nSPS) is 9.26. The molecule has 0 unspecified atom stereocenters. The molecule has 0 aliphatic rings. The van der Waals surface area contributed by atoms with E-state index in [4.69, 9.17) is 16.2 Å². The van der Waals surface area contributed by atoms with Gasteiger partial charge in [-0.15, -0.1) is 0 Å². The fraction of sp³-hybridized carbons (Fsp3) is 0. The standard InChI is InChI=1S/C13H10N4O2/c14-12-16-7-10(8-17-12)5-4-9-2-1-3-11(6-9)19-13(15)18/h1-3,6-8H,(H2,15,18)(H2,14,16,17). The van der Waals surface area contributed by atoms with E-state index >= 15 is 0 Å². The van der Waals surface area contributed by atoms with Gasteiger partial charge in [-0.25, -0.2) is 14.8 Å². The number of aromatic nitrogens is 2. The lowest BCUT2D eigenvalue weighted by Gasteiger charge is -1.99. The zero-order valence-corrected chi connectivity index (χ0v) is 9.83. The van der Waals surface area contributed by atoms with Crippen molar-refractivity contribution in [2.24, 2.45) is 5.73 Å². The van der Waals surface area contributed by atoms with Crippen molar-refractivity contribution in [3.8, 4) is 17.6 Å². The molecular formula is C13H10N4O2. The molecule has 2 aromatic rings. The van der Waals surface area contributed by atoms with Crippen molar-refractivity contribution in [3.63, 3.8) is 0 Å². The maximum absolute atomic E-state index is 10.6. The maximum atomic E-state index is 10.6. The Bertz CT molecular complexity index is 656. The van der Waals surface area contributed by atoms with Gasteiger partial charge in [0.25, 0.3) is 0 Å². The average molecular weight is 254 g/mol. The monoisotopic (exact) mass is 254 g/mol. The largest absolute Gasteiger partial charge is 0.410 e. The van der Waals surface area contributed by atoms with Gasteiger partial charge in [0.2, 0.25) is 5.95 Å². The van der Waals surface area contributed by atoms with Gasteiger partial charge in [0.15, 0.2) is 0 Å². The zero-order valence-electron chi connectivity index (χ0n) is 9.83. The van der Waals surface area contributed by atoms with Crippen LogP contribution in [0.2, 0.25) is 0 Å². The van der Waals surface area contributed by atoms with Crippen LogP contribution in [0.1, 0.15) is 11.1 Å². The molecule has 0 saturated carbocycles. The summed E-state index contributed by atoms with van der Waals surface area (Å²) in [5.74, 6) is 6.29. The van der Waals surface area contributed by atoms with E-state index in [9.17, 15) is 4.79 Å². The third kappa shape index (κ3) is 3.71. The van der Waals surface area contributed by atoms with E-state index in [1.165, 1.54) is 12.4 Å². The van der Waals surface area contributed by atoms with Crippen molar-refractivity contribution in [1.29, 1.82) is 0 Å². The van der Waals surface area contributed by atoms with Crippen LogP contribution < -0.4 is 16.2 Å². The quantitative estimate of drug-likeness (QED) is 0.736. The van der Waals surface area contributed by atoms with Crippen molar-refractivity contribution in [3.05, 3.63) is 47.8 Å². The second-order valence-electron chi connectivity index (χ2n) is 3.53. The minimum absolute atomic E-state index is 0.197. The zero-order chi connectivity index (χ0) is 13.7. The summed E-state index contributed by atoms with van der Waals surface area (Å²) in [5.41, 5.74) is 11.6. The second-order valence-corrected chi connectivity index (χ2v) is 3.53. The first-order valence-corrected chi connectivity index (χ1v) is 5.30. The summed E-state index contributed by atoms with van der Waals surface area (Å²) in [7, 11) is 0. The van der Waals surface area contributed by atoms with Crippen molar-refractivity contribution < 1.29 is 9.53 Å². The summed E-state index contributed by atoms with van der Waals surface area (Å²) >= 11 is 0. The molecule has 0 saturated heterocycles. The summed E-state index contributed by atoms with van der Waals surface area (Å²) in [5, 5.41) is 0. The van der Waals surface area contributed by atoms with Gasteiger partial charge in [-0.1, -0.05) is 17.9 Å². The summed E-state index contributed by atoms with van der Waals surface area (Å²) in [6, 6.07) is 6.71. The van der Waals surface area contributed by atoms with E-state index in [1.54, 1.807) is 24.3 Å². The molecule has 0 radical (unpaired) electrons. The van der Waals surface area contributed by atoms with E-state index < -0.39 is 6.09 Å². The van der Waals surface area contributed by atoms with Crippen molar-refractivity contribution in [2.45, 2.75) is 0 Å². The van der Waals surface area contributed by atoms with Crippen molar-refractivity contribution in [1.82, 2.24) is 9.97 Å². The predicted molar refractivity (Wildman–Crippen MR) is 69.1 cm³/mol. The highest BCUT2D eigenvalue weighted by Gasteiger charge is 1.98. The smallest absolute Gasteiger partial charge is 0.409 e. The average Bonchev–Trinajstić information content (AvgIpc) is 2.38. The number of nitrogen functional groups attached to an aromatic ring is 1. The summed E-state index contributed by atoms with van der Waals surface area (Å²) in [4.78, 5) is 18.3. The topological polar surface area (TPSA) is 104 Å². The lowest BCUT2D eigenvalue weighted by Crippen LogP contribution is -2.16. The van der Waals surface area contributed by atoms with E-state index in [2.05, 4.69) is 21.8 Å². The summed E-state index contributed by atoms with van der Waals surface area (Å²) in [6.07, 6.45) is 2.19. The Balaban J connectivity index is 2.19. The number of anilines is 1. The number of carbonyl (C=O) groups is 1. The third-order valence-electron chi connectivity index (χ3n) is 2.08. The molecule has 1 aromatic carbocycles. The highest BCUT2D eigenvalue weighted by molar-refractivity contribution is 5.68. The molecule has 1 heterocycles. The summed E-state index contributed by atoms with van der Waals surface area (Å²) in [6.45, 7) is 0. The molecule has 6 nitrogen and oxygen atoms in total. The van der Waals surface area contributed by atoms with Gasteiger partial charge in [0, 0.05) is 18.0 Å². The lowest BCUT2D eigenvalue weighted by atomic mass is 10.2. The molecule has 94 valence electrons. The third-order valence-corrected chi connectivity index (χ3v) is 2.08. The van der Waals surface area contributed by atoms with E-state index in [1.807, 2.05) is 0 Å². The van der Waals surface area contributed by atoms with Gasteiger partial charge in [0.05, 0.1) is 5.56 Å². The highest BCUT2D eigenvalue weighted by atomic mass is 16.5. The molecule has 0 aliphatic heterocycles. The van der Waals surface area contributed by atoms with Gasteiger partial charge < -0.3 is 16.2 Å². The van der Waals surface area contributed by atoms with Crippen LogP contribution in [0.5, 0.6) is 5.75 Å². The molecule has 19 heavy (non-hydrogen) atoms. The number of nitrogens with zero attached hydrogens (tertiary/aromatic N) is 2. The second kappa shape index (κ2) is 5.51. The number of primary amides is 1. The SMILES string of the molecule is NC(=O)Oc1cccc(C#Cc2cnc(N)nc2)c1. The molecule has 0 aliphatic carbocycles. The molecule has 0 bridgehead atoms. The number of ether oxygens (including phenoxy) is 1. The fourth-order valence-corrected chi connectivity index (χ4v) is 1.30. The molecule has 4 N–H and O–H groups in total. The van der Waals surface area contributed by atoms with Crippen LogP contribution >= 0.6 is 0 Å². The van der Waals surface area contributed by atoms with Crippen LogP contribution in [0.4, 0.5) is 10.7 Å². The number of carbonyl (C=O) groups excluding carboxylic acids is 1. The van der Waals surface area contributed by atoms with Crippen LogP contribution in [-0.2, 0) is 0 Å². The molecule has 2 rings (SSSR count). The first kappa shape index (κ1) is 12.4. The first-order chi connectivity index (χ1) is 9.13. The van der Waals surface area contributed by atoms with Crippen LogP contribution in [0.3, 0.4) is 0 Å². The number of rotatable bonds is 1. The molecular weight excluding hydrogens is 244 g/mol. The number of amides is 1. The Morgan fingerprint density at radius 1 is 1.16 bits per heavy atom. The number of nitrogens with two attached hydrogens (primary N) is 2.